The van der Waals surface area contributed by atoms with E-state index in [1.54, 1.807) is 0 Å². The Balaban J connectivity index is 0. The van der Waals surface area contributed by atoms with Crippen molar-refractivity contribution in [3.8, 4) is 0 Å². The Kier molecular flexibility index (Phi) is 16.1. The standard InChI is InChI=1S/C5H14BO.Na/c1-2-3-4-5-7-6;/h2-5H2,1,6H3;/q-1;+1. The normalized spacial score (nSPS) is 8.25. The summed E-state index contributed by atoms with van der Waals surface area (Å²) in [6.07, 6.45) is 3.93. The van der Waals surface area contributed by atoms with Crippen LogP contribution in [0.3, 0.4) is 0 Å². The molecule has 1 nitrogen and oxygen atoms in total. The second kappa shape index (κ2) is 10.9. The molecular formula is C5H14BNaO. The molecule has 0 rings (SSSR count). The predicted molar refractivity (Wildman–Crippen MR) is 35.4 cm³/mol. The number of hydrogen-bond acceptors (Lipinski definition) is 1. The summed E-state index contributed by atoms with van der Waals surface area (Å²) in [5, 5.41) is 0. The van der Waals surface area contributed by atoms with Gasteiger partial charge in [0.15, 0.2) is 0 Å². The predicted octanol–water partition coefficient (Wildman–Crippen LogP) is -2.52. The molecule has 0 aromatic rings. The van der Waals surface area contributed by atoms with Crippen LogP contribution in [0.25, 0.3) is 0 Å². The fourth-order valence-corrected chi connectivity index (χ4v) is 0.352. The second-order valence-corrected chi connectivity index (χ2v) is 1.41. The van der Waals surface area contributed by atoms with Gasteiger partial charge in [0.05, 0.1) is 8.05 Å². The first-order valence-electron chi connectivity index (χ1n) is 2.50. The molecule has 0 spiro atoms. The number of unbranched alkanes of at least 4 members (excludes halogenated alkanes) is 2. The summed E-state index contributed by atoms with van der Waals surface area (Å²) in [4.78, 5) is 0. The Hall–Kier alpha value is 1.02. The molecule has 0 aliphatic rings. The average molecular weight is 124 g/mol. The summed E-state index contributed by atoms with van der Waals surface area (Å²) in [6.45, 7) is 3.25. The SMILES string of the molecule is [BH3-]OCCCCC.[Na+]. The third kappa shape index (κ3) is 10.1. The van der Waals surface area contributed by atoms with Crippen LogP contribution in [-0.4, -0.2) is 14.7 Å². The van der Waals surface area contributed by atoms with E-state index in [4.69, 9.17) is 4.65 Å². The van der Waals surface area contributed by atoms with E-state index in [0.29, 0.717) is 0 Å². The molecule has 0 aromatic carbocycles. The zero-order valence-corrected chi connectivity index (χ0v) is 7.24. The Labute approximate surface area is 74.9 Å². The van der Waals surface area contributed by atoms with Crippen LogP contribution in [-0.2, 0) is 4.65 Å². The van der Waals surface area contributed by atoms with Gasteiger partial charge in [-0.15, -0.1) is 0 Å². The van der Waals surface area contributed by atoms with Gasteiger partial charge in [-0.05, 0) is 13.0 Å². The molecule has 0 amide bonds. The Bertz CT molecular complexity index is 31.6. The molecule has 44 valence electrons. The van der Waals surface area contributed by atoms with Gasteiger partial charge in [-0.2, -0.15) is 0 Å². The molecule has 0 bridgehead atoms. The van der Waals surface area contributed by atoms with E-state index >= 15 is 0 Å². The monoisotopic (exact) mass is 124 g/mol. The van der Waals surface area contributed by atoms with Crippen molar-refractivity contribution in [1.82, 2.24) is 0 Å². The first kappa shape index (κ1) is 11.8. The summed E-state index contributed by atoms with van der Waals surface area (Å²) in [5.74, 6) is 0. The van der Waals surface area contributed by atoms with E-state index in [9.17, 15) is 0 Å². The molecule has 0 aromatic heterocycles. The van der Waals surface area contributed by atoms with Crippen molar-refractivity contribution in [2.24, 2.45) is 0 Å². The fraction of sp³-hybridized carbons (Fsp3) is 1.00. The van der Waals surface area contributed by atoms with Gasteiger partial charge in [0.2, 0.25) is 0 Å². The minimum absolute atomic E-state index is 0. The molecule has 0 saturated heterocycles. The average Bonchev–Trinajstić information content (AvgIpc) is 1.69. The fourth-order valence-electron chi connectivity index (χ4n) is 0.352. The van der Waals surface area contributed by atoms with Crippen LogP contribution < -0.4 is 29.6 Å². The van der Waals surface area contributed by atoms with Gasteiger partial charge in [0, 0.05) is 0 Å². The van der Waals surface area contributed by atoms with E-state index in [1.807, 2.05) is 0 Å². The third-order valence-electron chi connectivity index (χ3n) is 0.748. The van der Waals surface area contributed by atoms with E-state index in [1.165, 1.54) is 19.3 Å². The van der Waals surface area contributed by atoms with Gasteiger partial charge in [0.1, 0.15) is 0 Å². The van der Waals surface area contributed by atoms with Crippen molar-refractivity contribution in [3.05, 3.63) is 0 Å². The zero-order valence-electron chi connectivity index (χ0n) is 5.24. The van der Waals surface area contributed by atoms with E-state index < -0.39 is 0 Å². The summed E-state index contributed by atoms with van der Waals surface area (Å²) >= 11 is 0. The minimum atomic E-state index is 0. The molecule has 0 atom stereocenters. The first-order valence-corrected chi connectivity index (χ1v) is 2.50. The van der Waals surface area contributed by atoms with Gasteiger partial charge < -0.3 is 4.65 Å². The van der Waals surface area contributed by atoms with Crippen molar-refractivity contribution in [3.63, 3.8) is 0 Å². The van der Waals surface area contributed by atoms with Crippen molar-refractivity contribution in [1.29, 1.82) is 0 Å². The van der Waals surface area contributed by atoms with Gasteiger partial charge >= 0.3 is 29.6 Å². The Morgan fingerprint density at radius 1 is 1.38 bits per heavy atom. The third-order valence-corrected chi connectivity index (χ3v) is 0.748. The van der Waals surface area contributed by atoms with Crippen molar-refractivity contribution < 1.29 is 34.2 Å². The van der Waals surface area contributed by atoms with E-state index in [0.717, 1.165) is 6.61 Å². The number of rotatable bonds is 4. The van der Waals surface area contributed by atoms with Crippen LogP contribution in [0.15, 0.2) is 0 Å². The quantitative estimate of drug-likeness (QED) is 0.297. The summed E-state index contributed by atoms with van der Waals surface area (Å²) in [7, 11) is 0.234. The molecule has 0 unspecified atom stereocenters. The van der Waals surface area contributed by atoms with Gasteiger partial charge in [0.25, 0.3) is 0 Å². The second-order valence-electron chi connectivity index (χ2n) is 1.41. The van der Waals surface area contributed by atoms with Crippen LogP contribution in [0.5, 0.6) is 0 Å². The van der Waals surface area contributed by atoms with Crippen molar-refractivity contribution in [2.75, 3.05) is 6.61 Å². The van der Waals surface area contributed by atoms with Gasteiger partial charge in [-0.3, -0.25) is 0 Å². The number of hydrogen-bond donors (Lipinski definition) is 0. The smallest absolute Gasteiger partial charge is 0.599 e. The van der Waals surface area contributed by atoms with Crippen LogP contribution in [0.2, 0.25) is 0 Å². The van der Waals surface area contributed by atoms with Gasteiger partial charge in [-0.1, -0.05) is 19.8 Å². The summed E-state index contributed by atoms with van der Waals surface area (Å²) < 4.78 is 5.09. The summed E-state index contributed by atoms with van der Waals surface area (Å²) in [6, 6.07) is 0. The topological polar surface area (TPSA) is 9.23 Å². The van der Waals surface area contributed by atoms with Crippen molar-refractivity contribution >= 4 is 8.05 Å². The van der Waals surface area contributed by atoms with Gasteiger partial charge in [-0.25, -0.2) is 0 Å². The molecule has 0 saturated carbocycles. The molecular weight excluding hydrogens is 110 g/mol. The largest absolute Gasteiger partial charge is 1.00 e. The van der Waals surface area contributed by atoms with Crippen LogP contribution in [0.1, 0.15) is 26.2 Å². The molecule has 0 heterocycles. The molecule has 0 aliphatic heterocycles. The molecule has 8 heavy (non-hydrogen) atoms. The van der Waals surface area contributed by atoms with Crippen LogP contribution in [0.4, 0.5) is 0 Å². The maximum Gasteiger partial charge on any atom is 1.00 e. The van der Waals surface area contributed by atoms with E-state index in [2.05, 4.69) is 6.92 Å². The van der Waals surface area contributed by atoms with Crippen LogP contribution >= 0.6 is 0 Å². The Morgan fingerprint density at radius 2 is 2.00 bits per heavy atom. The summed E-state index contributed by atoms with van der Waals surface area (Å²) in [5.41, 5.74) is 0. The minimum Gasteiger partial charge on any atom is -0.599 e. The molecule has 3 heteroatoms. The molecule has 0 aliphatic carbocycles. The van der Waals surface area contributed by atoms with E-state index in [-0.39, 0.29) is 37.6 Å². The maximum absolute atomic E-state index is 5.09. The Morgan fingerprint density at radius 3 is 2.38 bits per heavy atom. The molecule has 0 radical (unpaired) electrons. The van der Waals surface area contributed by atoms with Crippen molar-refractivity contribution in [2.45, 2.75) is 26.2 Å². The first-order chi connectivity index (χ1) is 3.41. The molecule has 0 fully saturated rings. The maximum atomic E-state index is 5.09. The van der Waals surface area contributed by atoms with Crippen LogP contribution in [0, 0.1) is 0 Å². The zero-order chi connectivity index (χ0) is 5.54. The molecule has 0 N–H and O–H groups in total.